The van der Waals surface area contributed by atoms with Gasteiger partial charge in [0.15, 0.2) is 0 Å². The fourth-order valence-electron chi connectivity index (χ4n) is 4.27. The molecule has 0 saturated heterocycles. The molecule has 0 aliphatic carbocycles. The maximum absolute atomic E-state index is 12.9. The van der Waals surface area contributed by atoms with E-state index < -0.39 is 11.3 Å². The van der Waals surface area contributed by atoms with Gasteiger partial charge in [0.25, 0.3) is 0 Å². The van der Waals surface area contributed by atoms with Crippen LogP contribution < -0.4 is 16.2 Å². The van der Waals surface area contributed by atoms with Crippen LogP contribution in [-0.4, -0.2) is 13.1 Å². The molecule has 2 aromatic heterocycles. The number of hydrogen-bond acceptors (Lipinski definition) is 5. The molecule has 0 unspecified atom stereocenters. The molecule has 0 amide bonds. The number of rotatable bonds is 5. The Kier molecular flexibility index (Phi) is 5.31. The number of fused-ring (bicyclic) bond motifs is 2. The molecule has 0 saturated carbocycles. The first-order valence-corrected chi connectivity index (χ1v) is 11.0. The van der Waals surface area contributed by atoms with Gasteiger partial charge in [-0.15, -0.1) is 0 Å². The highest BCUT2D eigenvalue weighted by atomic mass is 16.4. The standard InChI is InChI=1S/C28H23NO4/c1-3-29(4-2)21-12-10-20-15-23(28(31)33-26(20)16-21)19-11-13-25-24(14-19)22(17-27(30)32-25)18-8-6-5-7-9-18/h5-17H,3-4H2,1-2H3. The van der Waals surface area contributed by atoms with E-state index in [1.54, 1.807) is 12.1 Å². The van der Waals surface area contributed by atoms with Gasteiger partial charge in [-0.25, -0.2) is 9.59 Å². The fourth-order valence-corrected chi connectivity index (χ4v) is 4.27. The van der Waals surface area contributed by atoms with Crippen molar-refractivity contribution in [3.8, 4) is 22.3 Å². The molecule has 3 aromatic carbocycles. The molecule has 0 aliphatic heterocycles. The van der Waals surface area contributed by atoms with Gasteiger partial charge in [-0.1, -0.05) is 36.4 Å². The van der Waals surface area contributed by atoms with Crippen molar-refractivity contribution in [1.29, 1.82) is 0 Å². The lowest BCUT2D eigenvalue weighted by atomic mass is 9.98. The largest absolute Gasteiger partial charge is 0.423 e. The predicted molar refractivity (Wildman–Crippen MR) is 133 cm³/mol. The van der Waals surface area contributed by atoms with Gasteiger partial charge < -0.3 is 13.7 Å². The van der Waals surface area contributed by atoms with Crippen LogP contribution in [0.5, 0.6) is 0 Å². The highest BCUT2D eigenvalue weighted by molar-refractivity contribution is 5.96. The van der Waals surface area contributed by atoms with Crippen LogP contribution >= 0.6 is 0 Å². The number of hydrogen-bond donors (Lipinski definition) is 0. The van der Waals surface area contributed by atoms with Crippen molar-refractivity contribution < 1.29 is 8.83 Å². The fraction of sp³-hybridized carbons (Fsp3) is 0.143. The van der Waals surface area contributed by atoms with Crippen LogP contribution in [0.3, 0.4) is 0 Å². The molecule has 5 rings (SSSR count). The van der Waals surface area contributed by atoms with Gasteiger partial charge in [-0.3, -0.25) is 0 Å². The third-order valence-corrected chi connectivity index (χ3v) is 5.99. The Hall–Kier alpha value is -4.12. The second-order valence-electron chi connectivity index (χ2n) is 7.90. The second kappa shape index (κ2) is 8.43. The summed E-state index contributed by atoms with van der Waals surface area (Å²) in [6.45, 7) is 5.94. The zero-order valence-electron chi connectivity index (χ0n) is 18.5. The van der Waals surface area contributed by atoms with E-state index in [2.05, 4.69) is 18.7 Å². The topological polar surface area (TPSA) is 63.7 Å². The van der Waals surface area contributed by atoms with E-state index in [1.165, 1.54) is 6.07 Å². The highest BCUT2D eigenvalue weighted by Gasteiger charge is 2.13. The summed E-state index contributed by atoms with van der Waals surface area (Å²) in [5.74, 6) is 0. The Labute approximate surface area is 190 Å². The van der Waals surface area contributed by atoms with E-state index in [1.807, 2.05) is 60.7 Å². The quantitative estimate of drug-likeness (QED) is 0.312. The molecule has 2 heterocycles. The molecule has 0 bridgehead atoms. The lowest BCUT2D eigenvalue weighted by molar-refractivity contribution is 0.560. The Morgan fingerprint density at radius 3 is 2.24 bits per heavy atom. The molecule has 164 valence electrons. The van der Waals surface area contributed by atoms with E-state index in [0.717, 1.165) is 40.7 Å². The monoisotopic (exact) mass is 437 g/mol. The van der Waals surface area contributed by atoms with Gasteiger partial charge >= 0.3 is 11.3 Å². The molecule has 0 spiro atoms. The van der Waals surface area contributed by atoms with Crippen LogP contribution in [0, 0.1) is 0 Å². The molecule has 33 heavy (non-hydrogen) atoms. The lowest BCUT2D eigenvalue weighted by Gasteiger charge is -2.21. The molecule has 0 N–H and O–H groups in total. The van der Waals surface area contributed by atoms with Gasteiger partial charge in [0.05, 0.1) is 5.56 Å². The van der Waals surface area contributed by atoms with Crippen molar-refractivity contribution in [1.82, 2.24) is 0 Å². The molecule has 5 nitrogen and oxygen atoms in total. The maximum atomic E-state index is 12.9. The Morgan fingerprint density at radius 1 is 0.697 bits per heavy atom. The van der Waals surface area contributed by atoms with Crippen LogP contribution in [0.25, 0.3) is 44.2 Å². The van der Waals surface area contributed by atoms with Gasteiger partial charge in [0.2, 0.25) is 0 Å². The minimum atomic E-state index is -0.414. The normalized spacial score (nSPS) is 11.2. The van der Waals surface area contributed by atoms with Crippen molar-refractivity contribution in [2.24, 2.45) is 0 Å². The molecule has 5 aromatic rings. The zero-order chi connectivity index (χ0) is 22.9. The van der Waals surface area contributed by atoms with E-state index in [0.29, 0.717) is 22.3 Å². The summed E-state index contributed by atoms with van der Waals surface area (Å²) in [6.07, 6.45) is 0. The molecule has 0 fully saturated rings. The Morgan fingerprint density at radius 2 is 1.48 bits per heavy atom. The third-order valence-electron chi connectivity index (χ3n) is 5.99. The molecule has 0 atom stereocenters. The lowest BCUT2D eigenvalue weighted by Crippen LogP contribution is -2.21. The van der Waals surface area contributed by atoms with Crippen molar-refractivity contribution in [3.63, 3.8) is 0 Å². The summed E-state index contributed by atoms with van der Waals surface area (Å²) in [7, 11) is 0. The molecular weight excluding hydrogens is 414 g/mol. The number of benzene rings is 3. The van der Waals surface area contributed by atoms with Gasteiger partial charge in [-0.2, -0.15) is 0 Å². The molecule has 0 radical (unpaired) electrons. The summed E-state index contributed by atoms with van der Waals surface area (Å²) in [5.41, 5.74) is 4.07. The zero-order valence-corrected chi connectivity index (χ0v) is 18.5. The van der Waals surface area contributed by atoms with Gasteiger partial charge in [0.1, 0.15) is 11.2 Å². The Bertz CT molecular complexity index is 1580. The van der Waals surface area contributed by atoms with Crippen LogP contribution in [0.2, 0.25) is 0 Å². The van der Waals surface area contributed by atoms with Gasteiger partial charge in [0, 0.05) is 41.7 Å². The number of nitrogens with zero attached hydrogens (tertiary/aromatic N) is 1. The second-order valence-corrected chi connectivity index (χ2v) is 7.90. The van der Waals surface area contributed by atoms with Crippen LogP contribution in [0.1, 0.15) is 13.8 Å². The first-order valence-electron chi connectivity index (χ1n) is 11.0. The van der Waals surface area contributed by atoms with Crippen molar-refractivity contribution in [2.45, 2.75) is 13.8 Å². The van der Waals surface area contributed by atoms with Crippen LogP contribution in [-0.2, 0) is 0 Å². The Balaban J connectivity index is 1.67. The smallest absolute Gasteiger partial charge is 0.344 e. The molecule has 5 heteroatoms. The van der Waals surface area contributed by atoms with E-state index in [9.17, 15) is 9.59 Å². The molecule has 0 aliphatic rings. The first-order chi connectivity index (χ1) is 16.1. The summed E-state index contributed by atoms with van der Waals surface area (Å²) < 4.78 is 11.1. The summed E-state index contributed by atoms with van der Waals surface area (Å²) >= 11 is 0. The third kappa shape index (κ3) is 3.82. The average Bonchev–Trinajstić information content (AvgIpc) is 2.84. The van der Waals surface area contributed by atoms with Crippen molar-refractivity contribution in [2.75, 3.05) is 18.0 Å². The van der Waals surface area contributed by atoms with Gasteiger partial charge in [-0.05, 0) is 60.9 Å². The van der Waals surface area contributed by atoms with E-state index >= 15 is 0 Å². The number of anilines is 1. The predicted octanol–water partition coefficient (Wildman–Crippen LogP) is 6.08. The van der Waals surface area contributed by atoms with Crippen molar-refractivity contribution in [3.05, 3.63) is 99.7 Å². The summed E-state index contributed by atoms with van der Waals surface area (Å²) in [6, 6.07) is 24.3. The summed E-state index contributed by atoms with van der Waals surface area (Å²) in [4.78, 5) is 27.3. The van der Waals surface area contributed by atoms with E-state index in [-0.39, 0.29) is 0 Å². The summed E-state index contributed by atoms with van der Waals surface area (Å²) in [5, 5.41) is 1.61. The van der Waals surface area contributed by atoms with Crippen LogP contribution in [0.4, 0.5) is 5.69 Å². The van der Waals surface area contributed by atoms with E-state index in [4.69, 9.17) is 8.83 Å². The van der Waals surface area contributed by atoms with Crippen molar-refractivity contribution >= 4 is 27.6 Å². The van der Waals surface area contributed by atoms with Crippen LogP contribution in [0.15, 0.2) is 97.3 Å². The first kappa shape index (κ1) is 20.8. The molecular formula is C28H23NO4. The maximum Gasteiger partial charge on any atom is 0.344 e. The SMILES string of the molecule is CCN(CC)c1ccc2cc(-c3ccc4oc(=O)cc(-c5ccccc5)c4c3)c(=O)oc2c1. The average molecular weight is 437 g/mol. The highest BCUT2D eigenvalue weighted by Crippen LogP contribution is 2.31. The minimum Gasteiger partial charge on any atom is -0.423 e. The minimum absolute atomic E-state index is 0.405.